The van der Waals surface area contributed by atoms with Gasteiger partial charge in [-0.15, -0.1) is 11.8 Å². The van der Waals surface area contributed by atoms with Crippen molar-refractivity contribution in [1.29, 1.82) is 0 Å². The zero-order chi connectivity index (χ0) is 22.5. The number of rotatable bonds is 5. The normalized spacial score (nSPS) is 12.8. The van der Waals surface area contributed by atoms with Gasteiger partial charge < -0.3 is 10.1 Å². The summed E-state index contributed by atoms with van der Waals surface area (Å²) in [6.45, 7) is 1.91. The third kappa shape index (κ3) is 5.21. The van der Waals surface area contributed by atoms with Crippen LogP contribution in [0.1, 0.15) is 17.5 Å². The molecule has 0 atom stereocenters. The van der Waals surface area contributed by atoms with Gasteiger partial charge in [0, 0.05) is 6.42 Å². The average Bonchev–Trinajstić information content (AvgIpc) is 3.00. The molecule has 0 radical (unpaired) electrons. The first-order chi connectivity index (χ1) is 15.5. The Kier molecular flexibility index (Phi) is 6.93. The van der Waals surface area contributed by atoms with E-state index in [0.717, 1.165) is 39.0 Å². The summed E-state index contributed by atoms with van der Waals surface area (Å²) in [5.41, 5.74) is 5.02. The van der Waals surface area contributed by atoms with Gasteiger partial charge in [0.2, 0.25) is 5.91 Å². The Hall–Kier alpha value is -3.09. The van der Waals surface area contributed by atoms with Gasteiger partial charge in [0.25, 0.3) is 0 Å². The summed E-state index contributed by atoms with van der Waals surface area (Å²) in [7, 11) is 1.64. The molecule has 3 aromatic carbocycles. The van der Waals surface area contributed by atoms with Gasteiger partial charge in [0.1, 0.15) is 5.75 Å². The maximum absolute atomic E-state index is 12.6. The number of carbonyl (C=O) groups is 1. The number of hydrogen-bond donors (Lipinski definition) is 1. The minimum absolute atomic E-state index is 0.134. The summed E-state index contributed by atoms with van der Waals surface area (Å²) < 4.78 is 5.27. The second-order valence-corrected chi connectivity index (χ2v) is 8.66. The molecule has 4 rings (SSSR count). The van der Waals surface area contributed by atoms with Crippen LogP contribution in [0.15, 0.2) is 76.7 Å². The largest absolute Gasteiger partial charge is 0.497 e. The van der Waals surface area contributed by atoms with Crippen LogP contribution in [-0.4, -0.2) is 29.5 Å². The second-order valence-electron chi connectivity index (χ2n) is 7.23. The molecule has 1 heterocycles. The Balaban J connectivity index is 1.53. The van der Waals surface area contributed by atoms with E-state index >= 15 is 0 Å². The zero-order valence-corrected chi connectivity index (χ0v) is 19.3. The van der Waals surface area contributed by atoms with E-state index in [9.17, 15) is 4.79 Å². The van der Waals surface area contributed by atoms with Crippen LogP contribution in [0, 0.1) is 6.92 Å². The number of benzene rings is 3. The van der Waals surface area contributed by atoms with Gasteiger partial charge in [0.05, 0.1) is 45.7 Å². The van der Waals surface area contributed by atoms with Crippen molar-refractivity contribution in [2.45, 2.75) is 13.3 Å². The van der Waals surface area contributed by atoms with E-state index in [-0.39, 0.29) is 11.7 Å². The van der Waals surface area contributed by atoms with E-state index in [1.807, 2.05) is 67.6 Å². The van der Waals surface area contributed by atoms with Crippen molar-refractivity contribution in [2.24, 2.45) is 9.98 Å². The third-order valence-corrected chi connectivity index (χ3v) is 6.44. The Morgan fingerprint density at radius 2 is 1.75 bits per heavy atom. The van der Waals surface area contributed by atoms with Crippen molar-refractivity contribution in [3.8, 4) is 5.75 Å². The fourth-order valence-electron chi connectivity index (χ4n) is 3.27. The number of aliphatic imine (C=N–C) groups is 2. The fourth-order valence-corrected chi connectivity index (χ4v) is 4.21. The number of aryl methyl sites for hydroxylation is 1. The lowest BCUT2D eigenvalue weighted by atomic mass is 10.1. The van der Waals surface area contributed by atoms with Crippen LogP contribution in [0.5, 0.6) is 5.75 Å². The van der Waals surface area contributed by atoms with Gasteiger partial charge in [0.15, 0.2) is 0 Å². The van der Waals surface area contributed by atoms with E-state index < -0.39 is 0 Å². The van der Waals surface area contributed by atoms with E-state index in [1.54, 1.807) is 13.2 Å². The van der Waals surface area contributed by atoms with Gasteiger partial charge in [-0.2, -0.15) is 0 Å². The first kappa shape index (κ1) is 22.1. The molecule has 0 unspecified atom stereocenters. The Morgan fingerprint density at radius 3 is 2.47 bits per heavy atom. The van der Waals surface area contributed by atoms with Crippen LogP contribution in [0.3, 0.4) is 0 Å². The maximum atomic E-state index is 12.6. The lowest BCUT2D eigenvalue weighted by molar-refractivity contribution is -0.113. The van der Waals surface area contributed by atoms with Crippen LogP contribution in [0.4, 0.5) is 17.1 Å². The number of nitrogens with one attached hydrogen (secondary N) is 1. The van der Waals surface area contributed by atoms with E-state index in [1.165, 1.54) is 11.8 Å². The number of amides is 1. The highest BCUT2D eigenvalue weighted by atomic mass is 35.5. The molecule has 32 heavy (non-hydrogen) atoms. The van der Waals surface area contributed by atoms with Crippen molar-refractivity contribution in [3.63, 3.8) is 0 Å². The Morgan fingerprint density at radius 1 is 1.03 bits per heavy atom. The van der Waals surface area contributed by atoms with Crippen molar-refractivity contribution in [1.82, 2.24) is 0 Å². The molecule has 0 saturated carbocycles. The van der Waals surface area contributed by atoms with Crippen LogP contribution < -0.4 is 10.1 Å². The number of para-hydroxylation sites is 2. The van der Waals surface area contributed by atoms with Gasteiger partial charge in [-0.1, -0.05) is 35.9 Å². The summed E-state index contributed by atoms with van der Waals surface area (Å²) in [5, 5.41) is 4.27. The summed E-state index contributed by atoms with van der Waals surface area (Å²) in [6, 6.07) is 21.1. The highest BCUT2D eigenvalue weighted by Crippen LogP contribution is 2.33. The number of anilines is 1. The Labute approximate surface area is 196 Å². The zero-order valence-electron chi connectivity index (χ0n) is 17.8. The molecule has 0 aliphatic carbocycles. The first-order valence-electron chi connectivity index (χ1n) is 10.1. The number of methoxy groups -OCH3 is 1. The minimum atomic E-state index is -0.134. The number of ether oxygens (including phenoxy) is 1. The molecule has 0 bridgehead atoms. The third-order valence-electron chi connectivity index (χ3n) is 4.96. The van der Waals surface area contributed by atoms with Crippen molar-refractivity contribution < 1.29 is 9.53 Å². The molecule has 7 heteroatoms. The molecule has 1 aliphatic heterocycles. The maximum Gasteiger partial charge on any atom is 0.234 e. The van der Waals surface area contributed by atoms with E-state index in [2.05, 4.69) is 5.32 Å². The molecule has 1 N–H and O–H groups in total. The van der Waals surface area contributed by atoms with Crippen molar-refractivity contribution in [2.75, 3.05) is 18.2 Å². The lowest BCUT2D eigenvalue weighted by Gasteiger charge is -2.10. The van der Waals surface area contributed by atoms with Crippen LogP contribution in [0.25, 0.3) is 0 Å². The number of fused-ring (bicyclic) bond motifs is 1. The summed E-state index contributed by atoms with van der Waals surface area (Å²) in [4.78, 5) is 22.2. The predicted molar refractivity (Wildman–Crippen MR) is 135 cm³/mol. The van der Waals surface area contributed by atoms with Crippen molar-refractivity contribution in [3.05, 3.63) is 82.9 Å². The van der Waals surface area contributed by atoms with Crippen LogP contribution in [0.2, 0.25) is 5.02 Å². The number of nitrogens with zero attached hydrogens (tertiary/aromatic N) is 2. The molecule has 0 fully saturated rings. The lowest BCUT2D eigenvalue weighted by Crippen LogP contribution is -2.16. The molecule has 0 aromatic heterocycles. The quantitative estimate of drug-likeness (QED) is 0.464. The fraction of sp³-hybridized carbons (Fsp3) is 0.160. The molecular weight excluding hydrogens is 442 g/mol. The minimum Gasteiger partial charge on any atom is -0.497 e. The molecule has 1 amide bonds. The molecule has 3 aromatic rings. The number of halogens is 1. The number of hydrogen-bond acceptors (Lipinski definition) is 5. The summed E-state index contributed by atoms with van der Waals surface area (Å²) in [5.74, 6) is 0.880. The summed E-state index contributed by atoms with van der Waals surface area (Å²) in [6.07, 6.45) is 0.532. The van der Waals surface area contributed by atoms with Gasteiger partial charge in [-0.25, -0.2) is 4.99 Å². The molecule has 0 spiro atoms. The molecule has 5 nitrogen and oxygen atoms in total. The SMILES string of the molecule is COc1ccc(C2=Nc3ccccc3N=C(SCC(=O)Nc3cccc(C)c3Cl)C2)cc1. The van der Waals surface area contributed by atoms with Crippen LogP contribution >= 0.6 is 23.4 Å². The highest BCUT2D eigenvalue weighted by molar-refractivity contribution is 8.14. The van der Waals surface area contributed by atoms with Crippen LogP contribution in [-0.2, 0) is 4.79 Å². The van der Waals surface area contributed by atoms with Gasteiger partial charge >= 0.3 is 0 Å². The van der Waals surface area contributed by atoms with Gasteiger partial charge in [-0.05, 0) is 60.5 Å². The predicted octanol–water partition coefficient (Wildman–Crippen LogP) is 6.58. The number of carbonyl (C=O) groups excluding carboxylic acids is 1. The molecule has 162 valence electrons. The topological polar surface area (TPSA) is 63.1 Å². The average molecular weight is 464 g/mol. The highest BCUT2D eigenvalue weighted by Gasteiger charge is 2.17. The monoisotopic (exact) mass is 463 g/mol. The first-order valence-corrected chi connectivity index (χ1v) is 11.5. The summed E-state index contributed by atoms with van der Waals surface area (Å²) >= 11 is 7.71. The smallest absolute Gasteiger partial charge is 0.234 e. The standard InChI is InChI=1S/C25H22ClN3O2S/c1-16-6-5-9-21(25(16)26)28-23(30)15-32-24-14-22(17-10-12-18(31-2)13-11-17)27-19-7-3-4-8-20(19)29-24/h3-13H,14-15H2,1-2H3,(H,28,30). The molecule has 0 saturated heterocycles. The molecular formula is C25H22ClN3O2S. The molecule has 1 aliphatic rings. The van der Waals surface area contributed by atoms with E-state index in [4.69, 9.17) is 26.3 Å². The Bertz CT molecular complexity index is 1210. The van der Waals surface area contributed by atoms with Gasteiger partial charge in [-0.3, -0.25) is 9.79 Å². The van der Waals surface area contributed by atoms with Crippen molar-refractivity contribution >= 4 is 57.1 Å². The second kappa shape index (κ2) is 10.0. The number of thioether (sulfide) groups is 1. The van der Waals surface area contributed by atoms with E-state index in [0.29, 0.717) is 17.1 Å².